The highest BCUT2D eigenvalue weighted by Gasteiger charge is 2.23. The van der Waals surface area contributed by atoms with E-state index in [0.29, 0.717) is 22.1 Å². The number of para-hydroxylation sites is 1. The predicted molar refractivity (Wildman–Crippen MR) is 115 cm³/mol. The van der Waals surface area contributed by atoms with Crippen molar-refractivity contribution in [1.82, 2.24) is 4.98 Å². The smallest absolute Gasteiger partial charge is 0.345 e. The molecule has 0 fully saturated rings. The van der Waals surface area contributed by atoms with Gasteiger partial charge in [-0.1, -0.05) is 25.5 Å². The van der Waals surface area contributed by atoms with Crippen LogP contribution in [-0.2, 0) is 0 Å². The molecule has 0 saturated carbocycles. The lowest BCUT2D eigenvalue weighted by Crippen LogP contribution is -2.18. The lowest BCUT2D eigenvalue weighted by atomic mass is 10.1. The molecule has 0 bridgehead atoms. The topological polar surface area (TPSA) is 114 Å². The SMILES string of the molecule is CCCCNc1ccc(N(c2ncc([N+](=O)[O-])s2)c2ccccc2C(N)=O)cc1. The summed E-state index contributed by atoms with van der Waals surface area (Å²) in [7, 11) is 0. The van der Waals surface area contributed by atoms with E-state index in [1.807, 2.05) is 24.3 Å². The molecule has 0 spiro atoms. The second-order valence-corrected chi connectivity index (χ2v) is 7.27. The van der Waals surface area contributed by atoms with E-state index in [2.05, 4.69) is 17.2 Å². The summed E-state index contributed by atoms with van der Waals surface area (Å²) in [5.41, 5.74) is 8.04. The molecule has 0 unspecified atom stereocenters. The molecule has 0 aliphatic rings. The van der Waals surface area contributed by atoms with E-state index >= 15 is 0 Å². The van der Waals surface area contributed by atoms with Crippen molar-refractivity contribution in [3.05, 3.63) is 70.4 Å². The number of anilines is 4. The lowest BCUT2D eigenvalue weighted by molar-refractivity contribution is -0.380. The number of aromatic nitrogens is 1. The number of nitrogens with one attached hydrogen (secondary N) is 1. The number of thiazole rings is 1. The first-order valence-corrected chi connectivity index (χ1v) is 9.96. The van der Waals surface area contributed by atoms with Crippen LogP contribution in [0.2, 0.25) is 0 Å². The molecule has 2 aromatic carbocycles. The van der Waals surface area contributed by atoms with E-state index in [4.69, 9.17) is 5.73 Å². The zero-order valence-electron chi connectivity index (χ0n) is 15.9. The number of primary amides is 1. The van der Waals surface area contributed by atoms with Gasteiger partial charge < -0.3 is 11.1 Å². The molecule has 0 radical (unpaired) electrons. The van der Waals surface area contributed by atoms with Crippen molar-refractivity contribution in [2.75, 3.05) is 16.8 Å². The average molecular weight is 411 g/mol. The van der Waals surface area contributed by atoms with Gasteiger partial charge in [0, 0.05) is 17.9 Å². The minimum absolute atomic E-state index is 0.0839. The highest BCUT2D eigenvalue weighted by atomic mass is 32.1. The van der Waals surface area contributed by atoms with Gasteiger partial charge in [-0.05, 0) is 54.2 Å². The summed E-state index contributed by atoms with van der Waals surface area (Å²) < 4.78 is 0. The zero-order chi connectivity index (χ0) is 20.8. The number of hydrogen-bond acceptors (Lipinski definition) is 7. The number of benzene rings is 2. The van der Waals surface area contributed by atoms with Gasteiger partial charge >= 0.3 is 5.00 Å². The average Bonchev–Trinajstić information content (AvgIpc) is 3.20. The van der Waals surface area contributed by atoms with Gasteiger partial charge in [0.25, 0.3) is 5.91 Å². The molecule has 8 nitrogen and oxygen atoms in total. The van der Waals surface area contributed by atoms with E-state index in [0.717, 1.165) is 36.4 Å². The molecule has 3 aromatic rings. The molecular weight excluding hydrogens is 390 g/mol. The van der Waals surface area contributed by atoms with Crippen molar-refractivity contribution in [2.24, 2.45) is 5.73 Å². The Morgan fingerprint density at radius 1 is 1.24 bits per heavy atom. The molecule has 3 rings (SSSR count). The van der Waals surface area contributed by atoms with E-state index in [9.17, 15) is 14.9 Å². The minimum atomic E-state index is -0.588. The van der Waals surface area contributed by atoms with Crippen LogP contribution in [-0.4, -0.2) is 22.4 Å². The van der Waals surface area contributed by atoms with Crippen LogP contribution in [0, 0.1) is 10.1 Å². The van der Waals surface area contributed by atoms with E-state index in [1.54, 1.807) is 29.2 Å². The third kappa shape index (κ3) is 4.69. The molecule has 1 amide bonds. The molecule has 0 aliphatic heterocycles. The monoisotopic (exact) mass is 411 g/mol. The highest BCUT2D eigenvalue weighted by molar-refractivity contribution is 7.18. The van der Waals surface area contributed by atoms with Crippen molar-refractivity contribution in [2.45, 2.75) is 19.8 Å². The van der Waals surface area contributed by atoms with Crippen LogP contribution in [0.25, 0.3) is 0 Å². The fraction of sp³-hybridized carbons (Fsp3) is 0.200. The number of carbonyl (C=O) groups is 1. The quantitative estimate of drug-likeness (QED) is 0.296. The Morgan fingerprint density at radius 3 is 2.59 bits per heavy atom. The molecule has 3 N–H and O–H groups in total. The van der Waals surface area contributed by atoms with Crippen LogP contribution in [0.5, 0.6) is 0 Å². The minimum Gasteiger partial charge on any atom is -0.385 e. The molecule has 0 atom stereocenters. The fourth-order valence-corrected chi connectivity index (χ4v) is 3.58. The molecular formula is C20H21N5O3S. The molecule has 1 aromatic heterocycles. The third-order valence-corrected chi connectivity index (χ3v) is 5.18. The Bertz CT molecular complexity index is 1000. The van der Waals surface area contributed by atoms with E-state index < -0.39 is 10.8 Å². The Balaban J connectivity index is 2.04. The van der Waals surface area contributed by atoms with Gasteiger partial charge in [-0.2, -0.15) is 0 Å². The van der Waals surface area contributed by atoms with Gasteiger partial charge in [0.2, 0.25) is 5.13 Å². The predicted octanol–water partition coefficient (Wildman–Crippen LogP) is 4.83. The van der Waals surface area contributed by atoms with Crippen LogP contribution < -0.4 is 16.0 Å². The number of unbranched alkanes of at least 4 members (excludes halogenated alkanes) is 1. The summed E-state index contributed by atoms with van der Waals surface area (Å²) in [6, 6.07) is 14.4. The Kier molecular flexibility index (Phi) is 6.40. The molecule has 0 saturated heterocycles. The Hall–Kier alpha value is -3.46. The third-order valence-electron chi connectivity index (χ3n) is 4.25. The fourth-order valence-electron chi connectivity index (χ4n) is 2.81. The van der Waals surface area contributed by atoms with Gasteiger partial charge in [-0.3, -0.25) is 19.8 Å². The molecule has 150 valence electrons. The first kappa shape index (κ1) is 20.3. The Labute approximate surface area is 172 Å². The normalized spacial score (nSPS) is 10.5. The maximum Gasteiger partial charge on any atom is 0.345 e. The Morgan fingerprint density at radius 2 is 1.97 bits per heavy atom. The molecule has 0 aliphatic carbocycles. The number of hydrogen-bond donors (Lipinski definition) is 2. The van der Waals surface area contributed by atoms with Gasteiger partial charge in [-0.15, -0.1) is 0 Å². The summed E-state index contributed by atoms with van der Waals surface area (Å²) in [5, 5.41) is 14.8. The van der Waals surface area contributed by atoms with Crippen molar-refractivity contribution in [3.8, 4) is 0 Å². The van der Waals surface area contributed by atoms with Crippen LogP contribution in [0.1, 0.15) is 30.1 Å². The van der Waals surface area contributed by atoms with Crippen LogP contribution in [0.4, 0.5) is 27.2 Å². The first-order valence-electron chi connectivity index (χ1n) is 9.14. The van der Waals surface area contributed by atoms with Gasteiger partial charge in [-0.25, -0.2) is 4.98 Å². The van der Waals surface area contributed by atoms with E-state index in [-0.39, 0.29) is 5.00 Å². The van der Waals surface area contributed by atoms with Crippen LogP contribution >= 0.6 is 11.3 Å². The van der Waals surface area contributed by atoms with E-state index in [1.165, 1.54) is 6.20 Å². The number of nitrogens with zero attached hydrogens (tertiary/aromatic N) is 3. The van der Waals surface area contributed by atoms with Crippen molar-refractivity contribution in [1.29, 1.82) is 0 Å². The first-order chi connectivity index (χ1) is 14.0. The maximum atomic E-state index is 12.0. The highest BCUT2D eigenvalue weighted by Crippen LogP contribution is 2.40. The summed E-state index contributed by atoms with van der Waals surface area (Å²) in [4.78, 5) is 28.5. The summed E-state index contributed by atoms with van der Waals surface area (Å²) in [6.45, 7) is 3.01. The maximum absolute atomic E-state index is 12.0. The van der Waals surface area contributed by atoms with Crippen LogP contribution in [0.15, 0.2) is 54.7 Å². The van der Waals surface area contributed by atoms with Gasteiger partial charge in [0.1, 0.15) is 6.20 Å². The largest absolute Gasteiger partial charge is 0.385 e. The number of nitro groups is 1. The summed E-state index contributed by atoms with van der Waals surface area (Å²) in [5.74, 6) is -0.588. The number of nitrogens with two attached hydrogens (primary N) is 1. The zero-order valence-corrected chi connectivity index (χ0v) is 16.7. The number of carbonyl (C=O) groups excluding carboxylic acids is 1. The molecule has 29 heavy (non-hydrogen) atoms. The number of rotatable bonds is 9. The number of amides is 1. The second kappa shape index (κ2) is 9.16. The standard InChI is InChI=1S/C20H21N5O3S/c1-2-3-12-22-14-8-10-15(11-9-14)24(20-23-13-18(29-20)25(27)28)17-7-5-4-6-16(17)19(21)26/h4-11,13,22H,2-3,12H2,1H3,(H2,21,26). The molecule has 1 heterocycles. The lowest BCUT2D eigenvalue weighted by Gasteiger charge is -2.24. The van der Waals surface area contributed by atoms with Crippen molar-refractivity contribution in [3.63, 3.8) is 0 Å². The van der Waals surface area contributed by atoms with Crippen LogP contribution in [0.3, 0.4) is 0 Å². The van der Waals surface area contributed by atoms with Gasteiger partial charge in [0.15, 0.2) is 0 Å². The van der Waals surface area contributed by atoms with Crippen molar-refractivity contribution < 1.29 is 9.72 Å². The summed E-state index contributed by atoms with van der Waals surface area (Å²) in [6.07, 6.45) is 3.38. The van der Waals surface area contributed by atoms with Gasteiger partial charge in [0.05, 0.1) is 16.2 Å². The summed E-state index contributed by atoms with van der Waals surface area (Å²) >= 11 is 0.928. The van der Waals surface area contributed by atoms with Crippen molar-refractivity contribution >= 4 is 44.4 Å². The molecule has 9 heteroatoms. The second-order valence-electron chi connectivity index (χ2n) is 6.28.